The van der Waals surface area contributed by atoms with Gasteiger partial charge in [0.05, 0.1) is 19.6 Å². The van der Waals surface area contributed by atoms with Gasteiger partial charge in [-0.1, -0.05) is 50.2 Å². The van der Waals surface area contributed by atoms with Gasteiger partial charge in [0, 0.05) is 22.9 Å². The van der Waals surface area contributed by atoms with E-state index < -0.39 is 30.0 Å². The van der Waals surface area contributed by atoms with Crippen LogP contribution in [0.5, 0.6) is 11.5 Å². The summed E-state index contributed by atoms with van der Waals surface area (Å²) in [4.78, 5) is 21.2. The molecular weight excluding hydrogens is 910 g/mol. The summed E-state index contributed by atoms with van der Waals surface area (Å²) in [6.07, 6.45) is 1.27. The largest absolute Gasteiger partial charge is 2.00 e. The molecule has 0 atom stereocenters. The number of aromatic hydroxyl groups is 2. The van der Waals surface area contributed by atoms with Gasteiger partial charge in [0.25, 0.3) is 9.85 Å². The molecule has 6 aromatic rings. The van der Waals surface area contributed by atoms with Crippen molar-refractivity contribution in [2.24, 2.45) is 20.5 Å². The number of phenols is 2. The Morgan fingerprint density at radius 3 is 1.21 bits per heavy atom. The molecule has 0 amide bonds. The van der Waals surface area contributed by atoms with Crippen molar-refractivity contribution in [3.05, 3.63) is 118 Å². The van der Waals surface area contributed by atoms with Gasteiger partial charge in [-0.2, -0.15) is 0 Å². The molecule has 0 aliphatic carbocycles. The fourth-order valence-electron chi connectivity index (χ4n) is 5.33. The number of nitrogens with zero attached hydrogens (tertiary/aromatic N) is 6. The zero-order valence-electron chi connectivity index (χ0n) is 29.9. The predicted molar refractivity (Wildman–Crippen MR) is 203 cm³/mol. The third-order valence-electron chi connectivity index (χ3n) is 8.29. The van der Waals surface area contributed by atoms with E-state index in [1.807, 2.05) is 13.8 Å². The molecule has 57 heavy (non-hydrogen) atoms. The number of aryl methyl sites for hydroxylation is 2. The van der Waals surface area contributed by atoms with Gasteiger partial charge in [-0.25, -0.2) is 27.3 Å². The van der Waals surface area contributed by atoms with Gasteiger partial charge in [-0.15, -0.1) is 20.5 Å². The third kappa shape index (κ3) is 10.6. The Morgan fingerprint density at radius 2 is 0.895 bits per heavy atom. The van der Waals surface area contributed by atoms with Crippen LogP contribution in [0.15, 0.2) is 127 Å². The first kappa shape index (κ1) is 44.5. The van der Waals surface area contributed by atoms with Crippen LogP contribution >= 0.6 is 0 Å². The molecule has 0 bridgehead atoms. The molecule has 0 heterocycles. The molecule has 18 nitrogen and oxygen atoms in total. The second kappa shape index (κ2) is 18.4. The summed E-state index contributed by atoms with van der Waals surface area (Å²) in [5.74, 6) is -0.599. The number of hydrogen-bond donors (Lipinski definition) is 4. The van der Waals surface area contributed by atoms with E-state index >= 15 is 0 Å². The number of benzene rings is 6. The van der Waals surface area contributed by atoms with Crippen LogP contribution in [0, 0.1) is 9.81 Å². The summed E-state index contributed by atoms with van der Waals surface area (Å²) < 4.78 is 67.8. The van der Waals surface area contributed by atoms with Gasteiger partial charge in [-0.3, -0.25) is 0 Å². The summed E-state index contributed by atoms with van der Waals surface area (Å²) in [5, 5.41) is 56.0. The Morgan fingerprint density at radius 1 is 0.544 bits per heavy atom. The Kier molecular flexibility index (Phi) is 14.4. The van der Waals surface area contributed by atoms with Crippen LogP contribution in [-0.2, 0) is 33.1 Å². The van der Waals surface area contributed by atoms with Crippen LogP contribution in [0.2, 0.25) is 0 Å². The number of azo groups is 2. The van der Waals surface area contributed by atoms with Crippen molar-refractivity contribution < 1.29 is 56.4 Å². The molecule has 0 aliphatic heterocycles. The minimum Gasteiger partial charge on any atom is -0.744 e. The van der Waals surface area contributed by atoms with Crippen molar-refractivity contribution in [2.75, 3.05) is 0 Å². The van der Waals surface area contributed by atoms with E-state index in [1.54, 1.807) is 12.1 Å². The second-order valence-corrected chi connectivity index (χ2v) is 14.6. The molecule has 6 aromatic carbocycles. The number of phenolic OH excluding ortho intramolecular Hbond substituents is 2. The number of hydrogen-bond acceptors (Lipinski definition) is 14. The Hall–Kier alpha value is -5.17. The summed E-state index contributed by atoms with van der Waals surface area (Å²) in [6.45, 7) is 3.76. The van der Waals surface area contributed by atoms with Crippen molar-refractivity contribution in [3.8, 4) is 11.5 Å². The smallest absolute Gasteiger partial charge is 0.744 e. The fourth-order valence-corrected chi connectivity index (χ4v) is 6.32. The quantitative estimate of drug-likeness (QED) is 0.0439. The van der Waals surface area contributed by atoms with Crippen molar-refractivity contribution in [1.29, 1.82) is 0 Å². The number of fused-ring (bicyclic) bond motifs is 2. The molecule has 6 rings (SSSR count). The molecule has 21 heteroatoms. The molecule has 0 radical (unpaired) electrons. The van der Waals surface area contributed by atoms with Crippen molar-refractivity contribution in [1.82, 2.24) is 0 Å². The SMILES string of the molecule is CCc1ccc(N=Nc2c(O)ccc3ccc(S(=O)(=O)[O-])cc23)c([N+](=O)O)c1.CCc1ccc(N=Nc2c(O)ccc3ccc(S(=O)(=O)[O-])cc23)c([N+](=O)O)c1.[Ba+2]. The predicted octanol–water partition coefficient (Wildman–Crippen LogP) is 8.07. The van der Waals surface area contributed by atoms with Crippen molar-refractivity contribution >= 4 is 125 Å². The van der Waals surface area contributed by atoms with Gasteiger partial charge in [0.15, 0.2) is 11.4 Å². The van der Waals surface area contributed by atoms with Crippen molar-refractivity contribution in [3.63, 3.8) is 0 Å². The average molecular weight is 940 g/mol. The van der Waals surface area contributed by atoms with Gasteiger partial charge in [0.1, 0.15) is 43.1 Å². The molecule has 0 saturated carbocycles. The minimum absolute atomic E-state index is 0. The molecule has 0 unspecified atom stereocenters. The average Bonchev–Trinajstić information content (AvgIpc) is 3.16. The maximum atomic E-state index is 11.4. The minimum atomic E-state index is -4.70. The van der Waals surface area contributed by atoms with E-state index in [9.17, 15) is 56.4 Å². The molecular formula is C36H30BaN6O12S2+2. The van der Waals surface area contributed by atoms with Crippen LogP contribution in [0.25, 0.3) is 21.5 Å². The van der Waals surface area contributed by atoms with E-state index in [-0.39, 0.29) is 115 Å². The van der Waals surface area contributed by atoms with Crippen LogP contribution in [0.3, 0.4) is 0 Å². The monoisotopic (exact) mass is 940 g/mol. The molecule has 0 saturated heterocycles. The van der Waals surface area contributed by atoms with Gasteiger partial charge in [-0.05, 0) is 83.3 Å². The Bertz CT molecular complexity index is 2640. The second-order valence-electron chi connectivity index (χ2n) is 11.8. The molecule has 4 N–H and O–H groups in total. The number of rotatable bonds is 10. The van der Waals surface area contributed by atoms with Crippen LogP contribution in [-0.4, -0.2) is 105 Å². The molecule has 0 aliphatic rings. The third-order valence-corrected chi connectivity index (χ3v) is 9.95. The molecule has 0 fully saturated rings. The summed E-state index contributed by atoms with van der Waals surface area (Å²) in [6, 6.07) is 22.3. The topological polar surface area (TPSA) is 285 Å². The maximum absolute atomic E-state index is 11.4. The van der Waals surface area contributed by atoms with E-state index in [2.05, 4.69) is 20.5 Å². The Labute approximate surface area is 364 Å². The van der Waals surface area contributed by atoms with E-state index in [4.69, 9.17) is 0 Å². The first-order valence-electron chi connectivity index (χ1n) is 16.3. The van der Waals surface area contributed by atoms with E-state index in [0.29, 0.717) is 23.6 Å². The van der Waals surface area contributed by atoms with Crippen LogP contribution < -0.4 is 0 Å². The van der Waals surface area contributed by atoms with Crippen LogP contribution in [0.1, 0.15) is 25.0 Å². The zero-order chi connectivity index (χ0) is 40.9. The molecule has 0 spiro atoms. The van der Waals surface area contributed by atoms with Gasteiger partial charge < -0.3 is 19.3 Å². The Balaban J connectivity index is 0.000000248. The normalized spacial score (nSPS) is 11.7. The standard InChI is InChI=1S/2C18H15N3O6S.Ba/c2*1-2-11-3-7-15(16(9-11)21(23)24)19-20-18-14-10-13(28(25,26)27)6-4-12(14)5-8-17(18)22;/h2*3-10H,2H2,1H3,(H2-,19,22,23,24,25,26,27);/q;;+2. The summed E-state index contributed by atoms with van der Waals surface area (Å²) >= 11 is 0. The van der Waals surface area contributed by atoms with E-state index in [0.717, 1.165) is 35.4 Å². The van der Waals surface area contributed by atoms with Crippen LogP contribution in [0.4, 0.5) is 34.1 Å². The van der Waals surface area contributed by atoms with Crippen molar-refractivity contribution in [2.45, 2.75) is 36.5 Å². The van der Waals surface area contributed by atoms with E-state index in [1.165, 1.54) is 60.7 Å². The first-order chi connectivity index (χ1) is 26.4. The van der Waals surface area contributed by atoms with Gasteiger partial charge in [0.2, 0.25) is 0 Å². The molecule has 0 aromatic heterocycles. The fraction of sp³-hybridized carbons (Fsp3) is 0.111. The summed E-state index contributed by atoms with van der Waals surface area (Å²) in [7, 11) is -9.40. The molecule has 288 valence electrons. The summed E-state index contributed by atoms with van der Waals surface area (Å²) in [5.41, 5.74) is 1.24. The maximum Gasteiger partial charge on any atom is 2.00 e. The zero-order valence-corrected chi connectivity index (χ0v) is 36.0. The first-order valence-corrected chi connectivity index (χ1v) is 19.1. The van der Waals surface area contributed by atoms with Gasteiger partial charge >= 0.3 is 60.3 Å².